The van der Waals surface area contributed by atoms with Gasteiger partial charge in [0.05, 0.1) is 0 Å². The molecule has 4 nitrogen and oxygen atoms in total. The van der Waals surface area contributed by atoms with Crippen LogP contribution in [-0.4, -0.2) is 28.8 Å². The number of likely N-dealkylation sites (tertiary alicyclic amines) is 1. The van der Waals surface area contributed by atoms with Gasteiger partial charge < -0.3 is 10.6 Å². The van der Waals surface area contributed by atoms with Crippen LogP contribution in [0.3, 0.4) is 0 Å². The van der Waals surface area contributed by atoms with E-state index in [1.165, 1.54) is 0 Å². The Balaban J connectivity index is 2.85. The number of hydrogen-bond acceptors (Lipinski definition) is 2. The molecule has 2 N–H and O–H groups in total. The van der Waals surface area contributed by atoms with Crippen LogP contribution >= 0.6 is 0 Å². The van der Waals surface area contributed by atoms with Crippen molar-refractivity contribution in [3.05, 3.63) is 0 Å². The van der Waals surface area contributed by atoms with Crippen molar-refractivity contribution >= 4 is 11.8 Å². The molecule has 0 aromatic carbocycles. The summed E-state index contributed by atoms with van der Waals surface area (Å²) in [6.45, 7) is 4.20. The molecular weight excluding hydrogens is 168 g/mol. The number of primary amides is 1. The van der Waals surface area contributed by atoms with Crippen LogP contribution in [0.4, 0.5) is 0 Å². The molecule has 0 aromatic rings. The minimum absolute atomic E-state index is 0.0128. The van der Waals surface area contributed by atoms with E-state index in [4.69, 9.17) is 5.73 Å². The van der Waals surface area contributed by atoms with E-state index in [9.17, 15) is 9.59 Å². The molecule has 0 saturated carbocycles. The van der Waals surface area contributed by atoms with Crippen molar-refractivity contribution in [2.24, 2.45) is 5.73 Å². The van der Waals surface area contributed by atoms with Crippen LogP contribution in [0.25, 0.3) is 0 Å². The van der Waals surface area contributed by atoms with Crippen molar-refractivity contribution in [1.29, 1.82) is 0 Å². The molecule has 0 bridgehead atoms. The van der Waals surface area contributed by atoms with E-state index in [2.05, 4.69) is 0 Å². The fourth-order valence-corrected chi connectivity index (χ4v) is 1.81. The third kappa shape index (κ3) is 1.53. The maximum atomic E-state index is 11.5. The monoisotopic (exact) mass is 184 g/mol. The number of hydrogen-bond donors (Lipinski definition) is 1. The molecule has 1 aliphatic heterocycles. The Hall–Kier alpha value is -1.06. The first kappa shape index (κ1) is 10.0. The summed E-state index contributed by atoms with van der Waals surface area (Å²) in [5.41, 5.74) is 4.54. The zero-order chi connectivity index (χ0) is 10.1. The molecule has 1 atom stereocenters. The van der Waals surface area contributed by atoms with Crippen LogP contribution in [0.1, 0.15) is 33.1 Å². The SMILES string of the molecule is CCC(=O)N1CCCC1(C)C(N)=O. The summed E-state index contributed by atoms with van der Waals surface area (Å²) in [5.74, 6) is -0.384. The predicted molar refractivity (Wildman–Crippen MR) is 48.8 cm³/mol. The average molecular weight is 184 g/mol. The predicted octanol–water partition coefficient (Wildman–Crippen LogP) is 0.263. The molecular formula is C9H16N2O2. The van der Waals surface area contributed by atoms with E-state index >= 15 is 0 Å². The minimum Gasteiger partial charge on any atom is -0.368 e. The van der Waals surface area contributed by atoms with Gasteiger partial charge in [-0.2, -0.15) is 0 Å². The third-order valence-electron chi connectivity index (χ3n) is 2.78. The summed E-state index contributed by atoms with van der Waals surface area (Å²) < 4.78 is 0. The van der Waals surface area contributed by atoms with E-state index in [1.807, 2.05) is 0 Å². The summed E-state index contributed by atoms with van der Waals surface area (Å²) >= 11 is 0. The molecule has 0 aromatic heterocycles. The molecule has 0 radical (unpaired) electrons. The van der Waals surface area contributed by atoms with Crippen molar-refractivity contribution in [1.82, 2.24) is 4.90 Å². The van der Waals surface area contributed by atoms with Crippen LogP contribution in [-0.2, 0) is 9.59 Å². The van der Waals surface area contributed by atoms with Crippen LogP contribution in [0.5, 0.6) is 0 Å². The van der Waals surface area contributed by atoms with E-state index in [0.717, 1.165) is 6.42 Å². The molecule has 0 aliphatic carbocycles. The molecule has 1 saturated heterocycles. The molecule has 2 amide bonds. The van der Waals surface area contributed by atoms with Gasteiger partial charge in [-0.25, -0.2) is 0 Å². The van der Waals surface area contributed by atoms with E-state index in [1.54, 1.807) is 18.7 Å². The van der Waals surface area contributed by atoms with Crippen molar-refractivity contribution < 1.29 is 9.59 Å². The van der Waals surface area contributed by atoms with Crippen molar-refractivity contribution in [2.75, 3.05) is 6.54 Å². The lowest BCUT2D eigenvalue weighted by Gasteiger charge is -2.31. The number of carbonyl (C=O) groups is 2. The number of nitrogens with two attached hydrogens (primary N) is 1. The Bertz CT molecular complexity index is 240. The molecule has 0 spiro atoms. The summed E-state index contributed by atoms with van der Waals surface area (Å²) in [5, 5.41) is 0. The van der Waals surface area contributed by atoms with Crippen molar-refractivity contribution in [3.63, 3.8) is 0 Å². The Morgan fingerprint density at radius 3 is 2.62 bits per heavy atom. The summed E-state index contributed by atoms with van der Waals surface area (Å²) in [7, 11) is 0. The van der Waals surface area contributed by atoms with Crippen LogP contribution < -0.4 is 5.73 Å². The molecule has 1 rings (SSSR count). The number of rotatable bonds is 2. The topological polar surface area (TPSA) is 63.4 Å². The quantitative estimate of drug-likeness (QED) is 0.669. The van der Waals surface area contributed by atoms with Crippen molar-refractivity contribution in [2.45, 2.75) is 38.6 Å². The normalized spacial score (nSPS) is 27.7. The fourth-order valence-electron chi connectivity index (χ4n) is 1.81. The minimum atomic E-state index is -0.743. The van der Waals surface area contributed by atoms with Crippen LogP contribution in [0.15, 0.2) is 0 Å². The second kappa shape index (κ2) is 3.36. The Morgan fingerprint density at radius 1 is 1.54 bits per heavy atom. The highest BCUT2D eigenvalue weighted by Crippen LogP contribution is 2.28. The van der Waals surface area contributed by atoms with Gasteiger partial charge in [0.15, 0.2) is 0 Å². The second-order valence-electron chi connectivity index (χ2n) is 3.64. The Kier molecular flexibility index (Phi) is 2.59. The lowest BCUT2D eigenvalue weighted by molar-refractivity contribution is -0.142. The zero-order valence-corrected chi connectivity index (χ0v) is 8.17. The Morgan fingerprint density at radius 2 is 2.15 bits per heavy atom. The van der Waals surface area contributed by atoms with Crippen LogP contribution in [0, 0.1) is 0 Å². The third-order valence-corrected chi connectivity index (χ3v) is 2.78. The van der Waals surface area contributed by atoms with Gasteiger partial charge in [0.2, 0.25) is 11.8 Å². The fraction of sp³-hybridized carbons (Fsp3) is 0.778. The van der Waals surface area contributed by atoms with Crippen LogP contribution in [0.2, 0.25) is 0 Å². The second-order valence-corrected chi connectivity index (χ2v) is 3.64. The molecule has 1 heterocycles. The number of nitrogens with zero attached hydrogens (tertiary/aromatic N) is 1. The first-order valence-corrected chi connectivity index (χ1v) is 4.62. The van der Waals surface area contributed by atoms with Gasteiger partial charge in [0, 0.05) is 13.0 Å². The van der Waals surface area contributed by atoms with E-state index in [-0.39, 0.29) is 5.91 Å². The molecule has 1 aliphatic rings. The zero-order valence-electron chi connectivity index (χ0n) is 8.17. The first-order valence-electron chi connectivity index (χ1n) is 4.62. The largest absolute Gasteiger partial charge is 0.368 e. The number of amides is 2. The Labute approximate surface area is 78.1 Å². The van der Waals surface area contributed by atoms with Gasteiger partial charge in [-0.05, 0) is 19.8 Å². The molecule has 74 valence electrons. The highest BCUT2D eigenvalue weighted by atomic mass is 16.2. The maximum absolute atomic E-state index is 11.5. The van der Waals surface area contributed by atoms with Gasteiger partial charge >= 0.3 is 0 Å². The summed E-state index contributed by atoms with van der Waals surface area (Å²) in [4.78, 5) is 24.2. The molecule has 4 heteroatoms. The average Bonchev–Trinajstić information content (AvgIpc) is 2.47. The van der Waals surface area contributed by atoms with Gasteiger partial charge in [-0.1, -0.05) is 6.92 Å². The maximum Gasteiger partial charge on any atom is 0.243 e. The number of carbonyl (C=O) groups excluding carboxylic acids is 2. The molecule has 1 fully saturated rings. The molecule has 13 heavy (non-hydrogen) atoms. The lowest BCUT2D eigenvalue weighted by atomic mass is 9.98. The first-order chi connectivity index (χ1) is 6.02. The van der Waals surface area contributed by atoms with Crippen molar-refractivity contribution in [3.8, 4) is 0 Å². The highest BCUT2D eigenvalue weighted by Gasteiger charge is 2.43. The van der Waals surface area contributed by atoms with Gasteiger partial charge in [-0.15, -0.1) is 0 Å². The van der Waals surface area contributed by atoms with Gasteiger partial charge in [0.1, 0.15) is 5.54 Å². The van der Waals surface area contributed by atoms with Gasteiger partial charge in [0.25, 0.3) is 0 Å². The highest BCUT2D eigenvalue weighted by molar-refractivity contribution is 5.90. The van der Waals surface area contributed by atoms with E-state index < -0.39 is 11.4 Å². The smallest absolute Gasteiger partial charge is 0.243 e. The lowest BCUT2D eigenvalue weighted by Crippen LogP contribution is -2.53. The standard InChI is InChI=1S/C9H16N2O2/c1-3-7(12)11-6-4-5-9(11,2)8(10)13/h3-6H2,1-2H3,(H2,10,13). The molecule has 1 unspecified atom stereocenters. The van der Waals surface area contributed by atoms with Gasteiger partial charge in [-0.3, -0.25) is 9.59 Å². The summed E-state index contributed by atoms with van der Waals surface area (Å²) in [6.07, 6.45) is 1.99. The summed E-state index contributed by atoms with van der Waals surface area (Å²) in [6, 6.07) is 0. The van der Waals surface area contributed by atoms with E-state index in [0.29, 0.717) is 19.4 Å².